The van der Waals surface area contributed by atoms with Crippen LogP contribution in [0.15, 0.2) is 139 Å². The highest BCUT2D eigenvalue weighted by Gasteiger charge is 2.30. The Morgan fingerprint density at radius 1 is 0.587 bits per heavy atom. The van der Waals surface area contributed by atoms with Crippen LogP contribution in [-0.4, -0.2) is 56.0 Å². The number of rotatable bonds is 14. The zero-order valence-corrected chi connectivity index (χ0v) is 56.8. The van der Waals surface area contributed by atoms with Gasteiger partial charge in [-0.1, -0.05) is 102 Å². The Balaban J connectivity index is 0. The predicted molar refractivity (Wildman–Crippen MR) is 369 cm³/mol. The lowest BCUT2D eigenvalue weighted by Gasteiger charge is -2.13. The monoisotopic (exact) mass is 1410 g/mol. The Kier molecular flexibility index (Phi) is 50.8. The molecule has 0 radical (unpaired) electrons. The normalized spacial score (nSPS) is 11.2. The fourth-order valence-electron chi connectivity index (χ4n) is 5.64. The number of allylic oxidation sites excluding steroid dienone is 3. The molecule has 8 nitrogen and oxygen atoms in total. The first kappa shape index (κ1) is 76.1. The second-order valence-electron chi connectivity index (χ2n) is 14.4. The van der Waals surface area contributed by atoms with E-state index in [4.69, 9.17) is 15.4 Å². The highest BCUT2D eigenvalue weighted by Crippen LogP contribution is 2.39. The summed E-state index contributed by atoms with van der Waals surface area (Å²) in [6, 6.07) is 31.3. The molecule has 0 bridgehead atoms. The van der Waals surface area contributed by atoms with Gasteiger partial charge in [-0.25, -0.2) is 10.1 Å². The van der Waals surface area contributed by atoms with Gasteiger partial charge in [-0.3, -0.25) is 24.1 Å². The molecule has 0 heterocycles. The summed E-state index contributed by atoms with van der Waals surface area (Å²) in [5, 5.41) is 2.38. The smallest absolute Gasteiger partial charge is 0.277 e. The van der Waals surface area contributed by atoms with Gasteiger partial charge in [0.05, 0.1) is 14.2 Å². The van der Waals surface area contributed by atoms with Crippen LogP contribution in [0, 0.1) is 11.8 Å². The molecule has 27 heteroatoms. The summed E-state index contributed by atoms with van der Waals surface area (Å²) in [5.74, 6) is 1.05. The van der Waals surface area contributed by atoms with Crippen LogP contribution >= 0.6 is 15.9 Å². The SMILES string of the molecule is C.C=CCc1cccc(C(=O)C2CC2)c1.C=CCc1cccc(C(=O)N(C)OC)c1.C=CCc1cccc(C(N)C2CC2)c1.CON(C)C(=O)c1cccc(Br)c1.S=S=S=S=S.S=S=S=S=S=S.S=S=S=S=S=S=S. The van der Waals surface area contributed by atoms with Crippen LogP contribution in [0.5, 0.6) is 0 Å². The lowest BCUT2D eigenvalue weighted by atomic mass is 10.00. The highest BCUT2D eigenvalue weighted by molar-refractivity contribution is 9.10. The molecule has 2 fully saturated rings. The van der Waals surface area contributed by atoms with Crippen LogP contribution in [-0.2, 0) is 203 Å². The number of hydrogen-bond acceptors (Lipinski definition) is 12. The van der Waals surface area contributed by atoms with Crippen molar-refractivity contribution in [2.45, 2.75) is 58.4 Å². The number of carbonyl (C=O) groups excluding carboxylic acids is 3. The molecule has 0 aliphatic heterocycles. The number of benzene rings is 4. The van der Waals surface area contributed by atoms with Gasteiger partial charge in [-0.05, 0) is 110 Å². The van der Waals surface area contributed by atoms with Crippen molar-refractivity contribution in [3.63, 3.8) is 0 Å². The van der Waals surface area contributed by atoms with Gasteiger partial charge in [-0.2, -0.15) is 0 Å². The molecule has 4 aromatic rings. The van der Waals surface area contributed by atoms with Crippen LogP contribution in [0.25, 0.3) is 0 Å². The molecule has 2 saturated carbocycles. The predicted octanol–water partition coefficient (Wildman–Crippen LogP) is 10.6. The summed E-state index contributed by atoms with van der Waals surface area (Å²) in [7, 11) is 23.0. The van der Waals surface area contributed by atoms with Crippen molar-refractivity contribution in [2.75, 3.05) is 28.3 Å². The minimum absolute atomic E-state index is 0. The molecular formula is C48H60BrN3O5S18. The maximum absolute atomic E-state index is 11.7. The Bertz CT molecular complexity index is 2940. The summed E-state index contributed by atoms with van der Waals surface area (Å²) in [5.41, 5.74) is 13.1. The van der Waals surface area contributed by atoms with Gasteiger partial charge in [0.15, 0.2) is 5.78 Å². The summed E-state index contributed by atoms with van der Waals surface area (Å²) in [6.07, 6.45) is 12.9. The van der Waals surface area contributed by atoms with Crippen molar-refractivity contribution in [1.29, 1.82) is 0 Å². The van der Waals surface area contributed by atoms with E-state index in [2.05, 4.69) is 127 Å². The van der Waals surface area contributed by atoms with Gasteiger partial charge >= 0.3 is 0 Å². The standard InChI is InChI=1S/C13H17N.C13H14O.C12H15NO2.C9H10BrNO2.CH4.S7.S6.S5/c2*1-2-4-10-5-3-6-12(9-10)13(14)11-7-8-11;1-4-6-10-7-5-8-11(9-10)12(14)13(2)15-3;1-11(13-2)9(12)7-4-3-5-8(10)6-7;;1-3-5-7-6-4-2;1-3-5-6-4-2;1-3-5-4-2/h2-3,5-6,9,11,13H,1,4,7-8,14H2;2-3,5-6,9,11H,1,4,7-8H2;4-5,7-9H,1,6H2,2-3H3;3-6H,1-2H3;1H4;;;. The molecule has 1 atom stereocenters. The average Bonchev–Trinajstić information content (AvgIpc) is 4.37. The molecule has 0 saturated heterocycles. The van der Waals surface area contributed by atoms with E-state index in [0.29, 0.717) is 22.8 Å². The quantitative estimate of drug-likeness (QED) is 0.0739. The van der Waals surface area contributed by atoms with Gasteiger partial charge in [0.25, 0.3) is 11.8 Å². The molecule has 0 aromatic heterocycles. The van der Waals surface area contributed by atoms with E-state index in [1.165, 1.54) is 134 Å². The first-order chi connectivity index (χ1) is 35.7. The molecule has 4 aromatic carbocycles. The van der Waals surface area contributed by atoms with Crippen molar-refractivity contribution in [1.82, 2.24) is 10.1 Å². The molecule has 1 unspecified atom stereocenters. The third kappa shape index (κ3) is 37.6. The van der Waals surface area contributed by atoms with Crippen LogP contribution in [0.3, 0.4) is 0 Å². The Hall–Kier alpha value is -0.970. The summed E-state index contributed by atoms with van der Waals surface area (Å²) in [6.45, 7) is 11.1. The van der Waals surface area contributed by atoms with Crippen molar-refractivity contribution in [3.05, 3.63) is 178 Å². The Morgan fingerprint density at radius 2 is 0.960 bits per heavy atom. The number of nitrogens with two attached hydrogens (primary N) is 1. The minimum atomic E-state index is -0.163. The van der Waals surface area contributed by atoms with E-state index in [1.807, 2.05) is 66.8 Å². The minimum Gasteiger partial charge on any atom is -0.324 e. The van der Waals surface area contributed by atoms with Gasteiger partial charge in [-0.15, -0.1) is 19.7 Å². The fourth-order valence-corrected chi connectivity index (χ4v) is 22.5. The number of hydrogen-bond donors (Lipinski definition) is 1. The van der Waals surface area contributed by atoms with Crippen LogP contribution in [0.2, 0.25) is 0 Å². The Labute approximate surface area is 517 Å². The lowest BCUT2D eigenvalue weighted by Crippen LogP contribution is -2.25. The molecule has 75 heavy (non-hydrogen) atoms. The average molecular weight is 1420 g/mol. The topological polar surface area (TPSA) is 102 Å². The molecular weight excluding hydrogens is 1360 g/mol. The highest BCUT2D eigenvalue weighted by atomic mass is 79.9. The van der Waals surface area contributed by atoms with E-state index in [-0.39, 0.29) is 25.3 Å². The van der Waals surface area contributed by atoms with Crippen molar-refractivity contribution in [2.24, 2.45) is 17.6 Å². The summed E-state index contributed by atoms with van der Waals surface area (Å²) >= 11 is 30.3. The summed E-state index contributed by atoms with van der Waals surface area (Å²) < 4.78 is 0.878. The number of hydroxylamine groups is 4. The van der Waals surface area contributed by atoms with Gasteiger partial charge in [0.2, 0.25) is 0 Å². The van der Waals surface area contributed by atoms with Crippen molar-refractivity contribution in [3.8, 4) is 0 Å². The zero-order valence-electron chi connectivity index (χ0n) is 40.5. The molecule has 2 amide bonds. The third-order valence-corrected chi connectivity index (χ3v) is 29.9. The molecule has 2 N–H and O–H groups in total. The lowest BCUT2D eigenvalue weighted by molar-refractivity contribution is -0.0757. The number of ketones is 1. The van der Waals surface area contributed by atoms with Crippen LogP contribution in [0.4, 0.5) is 0 Å². The first-order valence-corrected chi connectivity index (χ1v) is 42.0. The second kappa shape index (κ2) is 50.0. The van der Waals surface area contributed by atoms with Gasteiger partial charge in [0, 0.05) is 221 Å². The van der Waals surface area contributed by atoms with Crippen molar-refractivity contribution < 1.29 is 24.1 Å². The van der Waals surface area contributed by atoms with Crippen LogP contribution in [0.1, 0.15) is 92.5 Å². The van der Waals surface area contributed by atoms with Gasteiger partial charge < -0.3 is 5.73 Å². The van der Waals surface area contributed by atoms with E-state index in [9.17, 15) is 14.4 Å². The largest absolute Gasteiger partial charge is 0.324 e. The van der Waals surface area contributed by atoms with E-state index >= 15 is 0 Å². The third-order valence-electron chi connectivity index (χ3n) is 9.38. The summed E-state index contributed by atoms with van der Waals surface area (Å²) in [4.78, 5) is 44.6. The maximum Gasteiger partial charge on any atom is 0.277 e. The number of halogens is 1. The Morgan fingerprint density at radius 3 is 1.33 bits per heavy atom. The van der Waals surface area contributed by atoms with E-state index in [1.54, 1.807) is 65.0 Å². The number of Topliss-reactive ketones (excluding diaryl/α,β-unsaturated/α-hetero) is 1. The number of nitrogens with zero attached hydrogens (tertiary/aromatic N) is 2. The van der Waals surface area contributed by atoms with E-state index < -0.39 is 0 Å². The van der Waals surface area contributed by atoms with E-state index in [0.717, 1.165) is 53.6 Å². The molecule has 6 rings (SSSR count). The van der Waals surface area contributed by atoms with Crippen LogP contribution < -0.4 is 5.73 Å². The number of carbonyl (C=O) groups is 3. The molecule has 412 valence electrons. The molecule has 2 aliphatic carbocycles. The number of amides is 2. The fraction of sp³-hybridized carbons (Fsp3) is 0.312. The molecule has 2 aliphatic rings. The zero-order chi connectivity index (χ0) is 55.5. The molecule has 0 spiro atoms. The first-order valence-electron chi connectivity index (χ1n) is 21.2. The maximum atomic E-state index is 11.7. The van der Waals surface area contributed by atoms with Crippen molar-refractivity contribution >= 4 is 207 Å². The van der Waals surface area contributed by atoms with Gasteiger partial charge in [0.1, 0.15) is 0 Å². The second-order valence-corrected chi connectivity index (χ2v) is 36.6.